The third kappa shape index (κ3) is 3.22. The second kappa shape index (κ2) is 5.87. The molecule has 1 aromatic rings. The molecule has 0 fully saturated rings. The van der Waals surface area contributed by atoms with Gasteiger partial charge in [-0.25, -0.2) is 0 Å². The zero-order valence-electron chi connectivity index (χ0n) is 9.75. The van der Waals surface area contributed by atoms with Gasteiger partial charge >= 0.3 is 0 Å². The van der Waals surface area contributed by atoms with E-state index in [1.165, 1.54) is 0 Å². The summed E-state index contributed by atoms with van der Waals surface area (Å²) in [5.74, 6) is -0.0288. The normalized spacial score (nSPS) is 14.2. The Bertz CT molecular complexity index is 368. The Labute approximate surface area is 101 Å². The average molecular weight is 241 g/mol. The highest BCUT2D eigenvalue weighted by Gasteiger charge is 2.16. The molecule has 2 N–H and O–H groups in total. The Balaban J connectivity index is 2.69. The van der Waals surface area contributed by atoms with Crippen LogP contribution in [-0.2, 0) is 4.79 Å². The summed E-state index contributed by atoms with van der Waals surface area (Å²) in [7, 11) is 1.63. The van der Waals surface area contributed by atoms with Crippen molar-refractivity contribution in [3.8, 4) is 0 Å². The predicted molar refractivity (Wildman–Crippen MR) is 66.5 cm³/mol. The second-order valence-corrected chi connectivity index (χ2v) is 4.15. The van der Waals surface area contributed by atoms with Gasteiger partial charge in [-0.05, 0) is 25.5 Å². The Morgan fingerprint density at radius 3 is 2.50 bits per heavy atom. The van der Waals surface area contributed by atoms with Crippen molar-refractivity contribution in [3.05, 3.63) is 34.9 Å². The first-order valence-corrected chi connectivity index (χ1v) is 5.66. The van der Waals surface area contributed by atoms with E-state index in [1.807, 2.05) is 38.1 Å². The molecule has 0 aromatic heterocycles. The second-order valence-electron chi connectivity index (χ2n) is 3.75. The topological polar surface area (TPSA) is 41.1 Å². The minimum atomic E-state index is -0.240. The van der Waals surface area contributed by atoms with Crippen LogP contribution in [-0.4, -0.2) is 19.0 Å². The molecule has 0 saturated heterocycles. The number of amides is 1. The molecule has 0 aliphatic heterocycles. The van der Waals surface area contributed by atoms with Crippen LogP contribution in [0.15, 0.2) is 24.3 Å². The Hall–Kier alpha value is -1.06. The molecular weight excluding hydrogens is 224 g/mol. The van der Waals surface area contributed by atoms with Gasteiger partial charge in [-0.2, -0.15) is 0 Å². The van der Waals surface area contributed by atoms with Crippen molar-refractivity contribution >= 4 is 17.5 Å². The number of nitrogens with one attached hydrogen (secondary N) is 2. The number of hydrogen-bond donors (Lipinski definition) is 2. The lowest BCUT2D eigenvalue weighted by Gasteiger charge is -2.20. The molecule has 16 heavy (non-hydrogen) atoms. The van der Waals surface area contributed by atoms with Gasteiger partial charge in [0.25, 0.3) is 0 Å². The molecule has 0 aliphatic rings. The number of carbonyl (C=O) groups excluding carboxylic acids is 1. The molecule has 2 atom stereocenters. The molecule has 0 saturated carbocycles. The quantitative estimate of drug-likeness (QED) is 0.847. The van der Waals surface area contributed by atoms with Crippen LogP contribution in [0.3, 0.4) is 0 Å². The molecule has 4 heteroatoms. The number of benzene rings is 1. The third-order valence-corrected chi connectivity index (χ3v) is 2.86. The van der Waals surface area contributed by atoms with Gasteiger partial charge in [-0.3, -0.25) is 10.1 Å². The maximum absolute atomic E-state index is 11.4. The van der Waals surface area contributed by atoms with Crippen LogP contribution in [0.1, 0.15) is 25.5 Å². The lowest BCUT2D eigenvalue weighted by Crippen LogP contribution is -2.41. The summed E-state index contributed by atoms with van der Waals surface area (Å²) < 4.78 is 0. The van der Waals surface area contributed by atoms with Crippen molar-refractivity contribution in [1.82, 2.24) is 10.6 Å². The molecule has 1 unspecified atom stereocenters. The predicted octanol–water partition coefficient (Wildman–Crippen LogP) is 2.13. The third-order valence-electron chi connectivity index (χ3n) is 2.51. The highest BCUT2D eigenvalue weighted by atomic mass is 35.5. The van der Waals surface area contributed by atoms with Crippen LogP contribution in [0.5, 0.6) is 0 Å². The van der Waals surface area contributed by atoms with Crippen LogP contribution in [0.25, 0.3) is 0 Å². The SMILES string of the molecule is CNC(=O)C(C)N[C@H](C)c1ccccc1Cl. The van der Waals surface area contributed by atoms with Crippen LogP contribution in [0.4, 0.5) is 0 Å². The smallest absolute Gasteiger partial charge is 0.236 e. The highest BCUT2D eigenvalue weighted by molar-refractivity contribution is 6.31. The van der Waals surface area contributed by atoms with E-state index >= 15 is 0 Å². The summed E-state index contributed by atoms with van der Waals surface area (Å²) in [6.45, 7) is 3.81. The molecule has 0 spiro atoms. The van der Waals surface area contributed by atoms with E-state index in [0.29, 0.717) is 5.02 Å². The lowest BCUT2D eigenvalue weighted by molar-refractivity contribution is -0.122. The Morgan fingerprint density at radius 2 is 1.94 bits per heavy atom. The van der Waals surface area contributed by atoms with Crippen LogP contribution >= 0.6 is 11.6 Å². The zero-order valence-corrected chi connectivity index (χ0v) is 10.5. The van der Waals surface area contributed by atoms with Crippen molar-refractivity contribution in [3.63, 3.8) is 0 Å². The van der Waals surface area contributed by atoms with Crippen LogP contribution < -0.4 is 10.6 Å². The fourth-order valence-corrected chi connectivity index (χ4v) is 1.88. The highest BCUT2D eigenvalue weighted by Crippen LogP contribution is 2.22. The number of rotatable bonds is 4. The number of likely N-dealkylation sites (N-methyl/N-ethyl adjacent to an activating group) is 1. The van der Waals surface area contributed by atoms with Gasteiger partial charge in [0.1, 0.15) is 0 Å². The van der Waals surface area contributed by atoms with E-state index in [4.69, 9.17) is 11.6 Å². The fraction of sp³-hybridized carbons (Fsp3) is 0.417. The maximum Gasteiger partial charge on any atom is 0.236 e. The summed E-state index contributed by atoms with van der Waals surface area (Å²) in [5, 5.41) is 6.51. The van der Waals surface area contributed by atoms with Gasteiger partial charge in [-0.15, -0.1) is 0 Å². The van der Waals surface area contributed by atoms with Crippen LogP contribution in [0.2, 0.25) is 5.02 Å². The van der Waals surface area contributed by atoms with Crippen molar-refractivity contribution in [1.29, 1.82) is 0 Å². The van der Waals surface area contributed by atoms with E-state index in [0.717, 1.165) is 5.56 Å². The first-order chi connectivity index (χ1) is 7.56. The van der Waals surface area contributed by atoms with Gasteiger partial charge < -0.3 is 5.32 Å². The summed E-state index contributed by atoms with van der Waals surface area (Å²) in [6.07, 6.45) is 0. The largest absolute Gasteiger partial charge is 0.358 e. The average Bonchev–Trinajstić information content (AvgIpc) is 2.28. The molecule has 0 aliphatic carbocycles. The zero-order chi connectivity index (χ0) is 12.1. The molecule has 0 radical (unpaired) electrons. The van der Waals surface area contributed by atoms with Gasteiger partial charge in [0.2, 0.25) is 5.91 Å². The number of halogens is 1. The van der Waals surface area contributed by atoms with E-state index < -0.39 is 0 Å². The van der Waals surface area contributed by atoms with Gasteiger partial charge in [0.15, 0.2) is 0 Å². The monoisotopic (exact) mass is 240 g/mol. The molecule has 0 bridgehead atoms. The molecular formula is C12H17ClN2O. The molecule has 1 amide bonds. The van der Waals surface area contributed by atoms with E-state index in [1.54, 1.807) is 7.05 Å². The van der Waals surface area contributed by atoms with Crippen molar-refractivity contribution in [2.45, 2.75) is 25.9 Å². The van der Waals surface area contributed by atoms with Gasteiger partial charge in [0, 0.05) is 18.1 Å². The molecule has 1 rings (SSSR count). The summed E-state index contributed by atoms with van der Waals surface area (Å²) in [6, 6.07) is 7.43. The minimum absolute atomic E-state index is 0.0288. The standard InChI is InChI=1S/C12H17ClN2O/c1-8(15-9(2)12(16)14-3)10-6-4-5-7-11(10)13/h4-9,15H,1-3H3,(H,14,16)/t8-,9?/m1/s1. The van der Waals surface area contributed by atoms with Crippen molar-refractivity contribution in [2.24, 2.45) is 0 Å². The summed E-state index contributed by atoms with van der Waals surface area (Å²) in [4.78, 5) is 11.4. The first kappa shape index (κ1) is 13.0. The molecule has 88 valence electrons. The van der Waals surface area contributed by atoms with E-state index in [-0.39, 0.29) is 18.0 Å². The van der Waals surface area contributed by atoms with Crippen molar-refractivity contribution < 1.29 is 4.79 Å². The van der Waals surface area contributed by atoms with Gasteiger partial charge in [-0.1, -0.05) is 29.8 Å². The fourth-order valence-electron chi connectivity index (χ4n) is 1.58. The van der Waals surface area contributed by atoms with E-state index in [9.17, 15) is 4.79 Å². The van der Waals surface area contributed by atoms with Crippen LogP contribution in [0, 0.1) is 0 Å². The minimum Gasteiger partial charge on any atom is -0.358 e. The Morgan fingerprint density at radius 1 is 1.31 bits per heavy atom. The first-order valence-electron chi connectivity index (χ1n) is 5.28. The molecule has 0 heterocycles. The van der Waals surface area contributed by atoms with E-state index in [2.05, 4.69) is 10.6 Å². The number of carbonyl (C=O) groups is 1. The maximum atomic E-state index is 11.4. The number of hydrogen-bond acceptors (Lipinski definition) is 2. The molecule has 1 aromatic carbocycles. The summed E-state index contributed by atoms with van der Waals surface area (Å²) in [5.41, 5.74) is 1.000. The van der Waals surface area contributed by atoms with Crippen molar-refractivity contribution in [2.75, 3.05) is 7.05 Å². The molecule has 3 nitrogen and oxygen atoms in total. The Kier molecular flexibility index (Phi) is 4.77. The lowest BCUT2D eigenvalue weighted by atomic mass is 10.1. The summed E-state index contributed by atoms with van der Waals surface area (Å²) >= 11 is 6.08. The van der Waals surface area contributed by atoms with Gasteiger partial charge in [0.05, 0.1) is 6.04 Å².